The lowest BCUT2D eigenvalue weighted by Crippen LogP contribution is -2.68. The molecule has 3 fully saturated rings. The van der Waals surface area contributed by atoms with E-state index in [4.69, 9.17) is 65.8 Å². The molecule has 21 heteroatoms. The molecule has 0 unspecified atom stereocenters. The molecular weight excluding hydrogens is 1230 g/mol. The first kappa shape index (κ1) is 62.3. The number of nitrogens with zero attached hydrogens (tertiary/aromatic N) is 6. The predicted octanol–water partition coefficient (Wildman–Crippen LogP) is 12.1. The molecule has 0 spiro atoms. The molecular formula is C70H69Cl2FN6O10SSi. The lowest BCUT2D eigenvalue weighted by molar-refractivity contribution is -0.145. The zero-order valence-electron chi connectivity index (χ0n) is 51.2. The van der Waals surface area contributed by atoms with E-state index in [-0.39, 0.29) is 65.0 Å². The summed E-state index contributed by atoms with van der Waals surface area (Å²) < 4.78 is 68.2. The van der Waals surface area contributed by atoms with Crippen molar-refractivity contribution in [2.75, 3.05) is 59.6 Å². The number of piperazine rings is 1. The minimum absolute atomic E-state index is 0.00283. The van der Waals surface area contributed by atoms with E-state index in [9.17, 15) is 14.3 Å². The van der Waals surface area contributed by atoms with Gasteiger partial charge in [-0.1, -0.05) is 117 Å². The van der Waals surface area contributed by atoms with Gasteiger partial charge in [0.05, 0.1) is 40.4 Å². The van der Waals surface area contributed by atoms with Crippen LogP contribution in [0.1, 0.15) is 43.2 Å². The summed E-state index contributed by atoms with van der Waals surface area (Å²) in [6, 6.07) is 42.0. The summed E-state index contributed by atoms with van der Waals surface area (Å²) in [6.45, 7) is 15.3. The lowest BCUT2D eigenvalue weighted by atomic mass is 9.92. The highest BCUT2D eigenvalue weighted by molar-refractivity contribution is 7.22. The summed E-state index contributed by atoms with van der Waals surface area (Å²) in [5.41, 5.74) is 5.01. The highest BCUT2D eigenvalue weighted by Gasteiger charge is 2.57. The Labute approximate surface area is 542 Å². The third-order valence-corrected chi connectivity index (χ3v) is 24.7. The number of ether oxygens (including phenoxy) is 7. The van der Waals surface area contributed by atoms with Crippen LogP contribution < -0.4 is 34.1 Å². The van der Waals surface area contributed by atoms with Gasteiger partial charge in [0.25, 0.3) is 8.32 Å². The monoisotopic (exact) mass is 1300 g/mol. The second kappa shape index (κ2) is 26.2. The van der Waals surface area contributed by atoms with E-state index in [2.05, 4.69) is 101 Å². The summed E-state index contributed by atoms with van der Waals surface area (Å²) in [5.74, 6) is 0.584. The van der Waals surface area contributed by atoms with Crippen molar-refractivity contribution in [3.05, 3.63) is 184 Å². The maximum Gasteiger partial charge on any atom is 0.345 e. The van der Waals surface area contributed by atoms with Crippen LogP contribution in [0.5, 0.6) is 28.9 Å². The van der Waals surface area contributed by atoms with E-state index in [1.54, 1.807) is 42.6 Å². The maximum absolute atomic E-state index is 14.5. The van der Waals surface area contributed by atoms with Crippen LogP contribution in [-0.2, 0) is 31.7 Å². The van der Waals surface area contributed by atoms with Gasteiger partial charge >= 0.3 is 5.97 Å². The predicted molar refractivity (Wildman–Crippen MR) is 352 cm³/mol. The van der Waals surface area contributed by atoms with Gasteiger partial charge in [-0.15, -0.1) is 11.3 Å². The molecule has 3 aromatic heterocycles. The Hall–Kier alpha value is -7.56. The number of carboxylic acid groups (broad SMARTS) is 1. The first-order chi connectivity index (χ1) is 44.0. The van der Waals surface area contributed by atoms with Crippen LogP contribution in [0, 0.1) is 19.7 Å². The van der Waals surface area contributed by atoms with E-state index < -0.39 is 32.3 Å². The van der Waals surface area contributed by atoms with Crippen molar-refractivity contribution in [3.8, 4) is 61.8 Å². The fourth-order valence-corrected chi connectivity index (χ4v) is 19.2. The van der Waals surface area contributed by atoms with Crippen LogP contribution in [0.15, 0.2) is 146 Å². The Morgan fingerprint density at radius 3 is 2.10 bits per heavy atom. The van der Waals surface area contributed by atoms with E-state index in [0.29, 0.717) is 103 Å². The van der Waals surface area contributed by atoms with Gasteiger partial charge in [-0.2, -0.15) is 0 Å². The number of likely N-dealkylation sites (N-methyl/N-ethyl adjacent to an activating group) is 1. The van der Waals surface area contributed by atoms with Crippen LogP contribution in [0.25, 0.3) is 43.2 Å². The maximum atomic E-state index is 14.5. The van der Waals surface area contributed by atoms with Crippen LogP contribution in [0.3, 0.4) is 0 Å². The first-order valence-corrected chi connectivity index (χ1v) is 34.0. The standard InChI is InChI=1S/C70H69Cl2FN6O10SSi/c1-41-57-42(2)61(72)64(60(41)71)87-50(35-79-31-29-78(6)30-32-79)37-82-49-25-26-53(45(33-49)34-54(69(80)81)88-67-59-58(57)65(90-68(59)76-40-75-67)43-17-21-46(73)22-18-43)83-36-47-27-28-74-66(77-47)44-19-23-48(24-20-44)86-55-38-84-63-56(39-85-62(55)63)89-91(70(3,4)5,51-13-9-7-10-14-51)52-15-11-8-12-16-52/h7-28,33,40,50,54-56,62-63H,29-32,34-39H2,1-6H3,(H,80,81)/t50-,54-,55+,56-,62-,63+/m1/s1. The molecule has 1 N–H and O–H groups in total. The van der Waals surface area contributed by atoms with Gasteiger partial charge in [0.2, 0.25) is 12.0 Å². The highest BCUT2D eigenvalue weighted by Crippen LogP contribution is 2.53. The number of rotatable bonds is 14. The molecule has 470 valence electrons. The quantitative estimate of drug-likeness (QED) is 0.102. The number of carboxylic acids is 1. The Morgan fingerprint density at radius 1 is 0.769 bits per heavy atom. The summed E-state index contributed by atoms with van der Waals surface area (Å²) in [4.78, 5) is 38.2. The van der Waals surface area contributed by atoms with Gasteiger partial charge < -0.3 is 47.6 Å². The molecule has 3 saturated heterocycles. The second-order valence-electron chi connectivity index (χ2n) is 24.6. The second-order valence-corrected chi connectivity index (χ2v) is 30.6. The molecule has 91 heavy (non-hydrogen) atoms. The molecule has 16 nitrogen and oxygen atoms in total. The molecule has 4 bridgehead atoms. The molecule has 0 amide bonds. The summed E-state index contributed by atoms with van der Waals surface area (Å²) in [5, 5.41) is 14.3. The van der Waals surface area contributed by atoms with Gasteiger partial charge in [-0.05, 0) is 119 Å². The van der Waals surface area contributed by atoms with E-state index in [0.717, 1.165) is 31.7 Å². The Balaban J connectivity index is 0.758. The molecule has 5 aliphatic rings. The third kappa shape index (κ3) is 12.6. The average molecular weight is 1300 g/mol. The van der Waals surface area contributed by atoms with Crippen LogP contribution in [0.2, 0.25) is 15.1 Å². The number of hydrogen-bond donors (Lipinski definition) is 1. The van der Waals surface area contributed by atoms with Crippen molar-refractivity contribution in [3.63, 3.8) is 0 Å². The summed E-state index contributed by atoms with van der Waals surface area (Å²) >= 11 is 16.1. The SMILES string of the molecule is Cc1c(Cl)c2c(Cl)c(C)c1-c1c(-c3ccc(F)cc3)sc3ncnc(c13)O[C@@H](C(=O)O)Cc1cc(ccc1OCc1ccnc(-c3ccc(O[C@H]4CO[C@@H]5[C@@H]4OC[C@H]5O[Si](c4ccccc4)(c4ccccc4)C(C)(C)C)cc3)n1)OC[C@@H](CN1CCN(C)CC1)O2. The molecule has 8 heterocycles. The van der Waals surface area contributed by atoms with Gasteiger partial charge in [-0.3, -0.25) is 4.90 Å². The van der Waals surface area contributed by atoms with Crippen LogP contribution >= 0.6 is 34.5 Å². The van der Waals surface area contributed by atoms with Crippen molar-refractivity contribution in [2.45, 2.75) is 89.3 Å². The van der Waals surface area contributed by atoms with Crippen molar-refractivity contribution < 1.29 is 51.9 Å². The van der Waals surface area contributed by atoms with Gasteiger partial charge in [0.15, 0.2) is 17.7 Å². The third-order valence-electron chi connectivity index (χ3n) is 17.6. The fourth-order valence-electron chi connectivity index (χ4n) is 12.9. The zero-order valence-corrected chi connectivity index (χ0v) is 54.6. The topological polar surface area (TPSA) is 169 Å². The number of carbonyl (C=O) groups is 1. The van der Waals surface area contributed by atoms with Crippen LogP contribution in [0.4, 0.5) is 4.39 Å². The Kier molecular flexibility index (Phi) is 17.9. The summed E-state index contributed by atoms with van der Waals surface area (Å²) in [6.07, 6.45) is -0.529. The summed E-state index contributed by atoms with van der Waals surface area (Å²) in [7, 11) is -0.773. The smallest absolute Gasteiger partial charge is 0.345 e. The molecule has 6 atom stereocenters. The number of halogens is 3. The van der Waals surface area contributed by atoms with E-state index >= 15 is 0 Å². The molecule has 14 rings (SSSR count). The average Bonchev–Trinajstić information content (AvgIpc) is 1.72. The van der Waals surface area contributed by atoms with Crippen molar-refractivity contribution in [1.82, 2.24) is 29.7 Å². The van der Waals surface area contributed by atoms with E-state index in [1.807, 2.05) is 50.2 Å². The normalized spacial score (nSPS) is 20.5. The largest absolute Gasteiger partial charge is 0.490 e. The van der Waals surface area contributed by atoms with Gasteiger partial charge in [0, 0.05) is 66.9 Å². The van der Waals surface area contributed by atoms with Crippen molar-refractivity contribution in [2.24, 2.45) is 0 Å². The minimum atomic E-state index is -2.88. The number of benzene rings is 6. The number of hydrogen-bond acceptors (Lipinski definition) is 16. The molecule has 0 radical (unpaired) electrons. The number of thiophene rings is 1. The van der Waals surface area contributed by atoms with Crippen molar-refractivity contribution >= 4 is 69.4 Å². The number of aromatic nitrogens is 4. The molecule has 0 saturated carbocycles. The molecule has 6 aromatic carbocycles. The Bertz CT molecular complexity index is 4040. The zero-order chi connectivity index (χ0) is 63.1. The number of aliphatic carboxylic acids is 1. The minimum Gasteiger partial charge on any atom is -0.490 e. The van der Waals surface area contributed by atoms with Crippen molar-refractivity contribution in [1.29, 1.82) is 0 Å². The molecule has 9 aromatic rings. The van der Waals surface area contributed by atoms with Gasteiger partial charge in [-0.25, -0.2) is 29.1 Å². The number of fused-ring (bicyclic) bond motifs is 8. The first-order valence-electron chi connectivity index (χ1n) is 30.5. The molecule has 5 aliphatic heterocycles. The van der Waals surface area contributed by atoms with Gasteiger partial charge in [0.1, 0.15) is 65.7 Å². The fraction of sp³-hybridized carbons (Fsp3) is 0.329. The van der Waals surface area contributed by atoms with Crippen LogP contribution in [-0.4, -0.2) is 145 Å². The lowest BCUT2D eigenvalue weighted by Gasteiger charge is -2.45. The molecule has 0 aliphatic carbocycles. The Morgan fingerprint density at radius 2 is 1.43 bits per heavy atom. The van der Waals surface area contributed by atoms with E-state index in [1.165, 1.54) is 40.2 Å². The highest BCUT2D eigenvalue weighted by atomic mass is 35.5.